The molecule has 0 unspecified atom stereocenters. The van der Waals surface area contributed by atoms with Crippen LogP contribution in [-0.2, 0) is 9.53 Å². The number of amides is 1. The van der Waals surface area contributed by atoms with Crippen molar-refractivity contribution < 1.29 is 19.4 Å². The van der Waals surface area contributed by atoms with Crippen LogP contribution in [0.15, 0.2) is 60.7 Å². The van der Waals surface area contributed by atoms with Gasteiger partial charge in [-0.25, -0.2) is 9.59 Å². The molecule has 4 fully saturated rings. The van der Waals surface area contributed by atoms with Gasteiger partial charge in [0.05, 0.1) is 0 Å². The fourth-order valence-corrected chi connectivity index (χ4v) is 6.54. The maximum atomic E-state index is 12.9. The van der Waals surface area contributed by atoms with Gasteiger partial charge in [0.25, 0.3) is 0 Å². The smallest absolute Gasteiger partial charge is 0.408 e. The predicted octanol–water partition coefficient (Wildman–Crippen LogP) is 4.82. The molecule has 4 aliphatic rings. The highest BCUT2D eigenvalue weighted by Gasteiger charge is 2.50. The second kappa shape index (κ2) is 8.37. The first-order valence-electron chi connectivity index (χ1n) is 11.4. The largest absolute Gasteiger partial charge is 0.480 e. The third kappa shape index (κ3) is 4.06. The van der Waals surface area contributed by atoms with E-state index in [9.17, 15) is 14.7 Å². The Hall–Kier alpha value is -2.82. The maximum Gasteiger partial charge on any atom is 0.408 e. The second-order valence-electron chi connectivity index (χ2n) is 9.56. The van der Waals surface area contributed by atoms with Crippen molar-refractivity contribution in [2.75, 3.05) is 0 Å². The molecular formula is C26H29NO4. The van der Waals surface area contributed by atoms with Gasteiger partial charge in [-0.3, -0.25) is 0 Å². The second-order valence-corrected chi connectivity index (χ2v) is 9.56. The number of carboxylic acids is 1. The summed E-state index contributed by atoms with van der Waals surface area (Å²) >= 11 is 0. The number of ether oxygens (including phenoxy) is 1. The first-order chi connectivity index (χ1) is 15.1. The molecule has 162 valence electrons. The minimum Gasteiger partial charge on any atom is -0.480 e. The average Bonchev–Trinajstić information content (AvgIpc) is 2.77. The van der Waals surface area contributed by atoms with Crippen molar-refractivity contribution in [2.24, 2.45) is 23.7 Å². The highest BCUT2D eigenvalue weighted by molar-refractivity contribution is 5.82. The van der Waals surface area contributed by atoms with Gasteiger partial charge in [0.1, 0.15) is 12.1 Å². The molecule has 0 saturated heterocycles. The lowest BCUT2D eigenvalue weighted by Crippen LogP contribution is -2.52. The first-order valence-corrected chi connectivity index (χ1v) is 11.4. The lowest BCUT2D eigenvalue weighted by Gasteiger charge is -2.53. The molecule has 5 nitrogen and oxygen atoms in total. The van der Waals surface area contributed by atoms with Gasteiger partial charge < -0.3 is 15.2 Å². The number of benzene rings is 2. The fraction of sp³-hybridized carbons (Fsp3) is 0.462. The number of carboxylic acid groups (broad SMARTS) is 1. The summed E-state index contributed by atoms with van der Waals surface area (Å²) in [5, 5.41) is 12.8. The molecule has 2 N–H and O–H groups in total. The zero-order chi connectivity index (χ0) is 21.4. The summed E-state index contributed by atoms with van der Waals surface area (Å²) in [4.78, 5) is 25.2. The third-order valence-corrected chi connectivity index (χ3v) is 7.57. The van der Waals surface area contributed by atoms with Crippen molar-refractivity contribution >= 4 is 12.1 Å². The zero-order valence-electron chi connectivity index (χ0n) is 17.5. The maximum absolute atomic E-state index is 12.9. The van der Waals surface area contributed by atoms with E-state index in [1.807, 2.05) is 60.7 Å². The van der Waals surface area contributed by atoms with Crippen LogP contribution in [-0.4, -0.2) is 29.3 Å². The molecule has 4 aliphatic carbocycles. The van der Waals surface area contributed by atoms with E-state index in [1.165, 1.54) is 6.42 Å². The number of carbonyl (C=O) groups excluding carboxylic acids is 1. The van der Waals surface area contributed by atoms with Gasteiger partial charge in [-0.05, 0) is 66.9 Å². The van der Waals surface area contributed by atoms with Gasteiger partial charge in [0, 0.05) is 5.92 Å². The topological polar surface area (TPSA) is 75.6 Å². The molecule has 0 heterocycles. The molecule has 0 aromatic heterocycles. The summed E-state index contributed by atoms with van der Waals surface area (Å²) in [5.41, 5.74) is 1.69. The van der Waals surface area contributed by atoms with Gasteiger partial charge >= 0.3 is 12.1 Å². The number of nitrogens with one attached hydrogen (secondary N) is 1. The molecule has 1 atom stereocenters. The standard InChI is InChI=1S/C26H29NO4/c28-25(29)23(22(18-7-3-1-4-8-18)19-9-5-2-6-10-19)27-26(30)31-24-20-12-16-11-17(14-20)15-21(24)13-16/h1-10,16-17,20-24H,11-15H2,(H,27,30)(H,28,29)/t16?,17?,20?,21?,23-,24?/m1/s1. The van der Waals surface area contributed by atoms with E-state index in [-0.39, 0.29) is 6.10 Å². The van der Waals surface area contributed by atoms with Gasteiger partial charge in [0.2, 0.25) is 0 Å². The number of hydrogen-bond donors (Lipinski definition) is 2. The Morgan fingerprint density at radius 1 is 0.806 bits per heavy atom. The molecule has 6 rings (SSSR count). The lowest BCUT2D eigenvalue weighted by molar-refractivity contribution is -0.140. The quantitative estimate of drug-likeness (QED) is 0.704. The number of hydrogen-bond acceptors (Lipinski definition) is 3. The monoisotopic (exact) mass is 419 g/mol. The average molecular weight is 420 g/mol. The molecule has 4 saturated carbocycles. The Bertz CT molecular complexity index is 861. The van der Waals surface area contributed by atoms with Gasteiger partial charge in [-0.15, -0.1) is 0 Å². The van der Waals surface area contributed by atoms with Crippen LogP contribution in [0.5, 0.6) is 0 Å². The van der Waals surface area contributed by atoms with Crippen LogP contribution in [0, 0.1) is 23.7 Å². The summed E-state index contributed by atoms with van der Waals surface area (Å²) in [5.74, 6) is 0.870. The van der Waals surface area contributed by atoms with Crippen molar-refractivity contribution in [2.45, 2.75) is 50.2 Å². The van der Waals surface area contributed by atoms with Crippen LogP contribution in [0.4, 0.5) is 4.79 Å². The van der Waals surface area contributed by atoms with Crippen LogP contribution < -0.4 is 5.32 Å². The Balaban J connectivity index is 1.36. The molecule has 0 radical (unpaired) electrons. The summed E-state index contributed by atoms with van der Waals surface area (Å²) in [6.07, 6.45) is 5.22. The Labute approximate surface area is 182 Å². The van der Waals surface area contributed by atoms with E-state index in [4.69, 9.17) is 4.74 Å². The van der Waals surface area contributed by atoms with Gasteiger partial charge in [0.15, 0.2) is 0 Å². The van der Waals surface area contributed by atoms with Crippen LogP contribution >= 0.6 is 0 Å². The predicted molar refractivity (Wildman–Crippen MR) is 117 cm³/mol. The molecule has 2 aromatic carbocycles. The number of aliphatic carboxylic acids is 1. The Morgan fingerprint density at radius 2 is 1.29 bits per heavy atom. The van der Waals surface area contributed by atoms with E-state index < -0.39 is 24.0 Å². The SMILES string of the molecule is O=C(N[C@@H](C(=O)O)C(c1ccccc1)c1ccccc1)OC1C2CC3CC(C2)CC1C3. The van der Waals surface area contributed by atoms with Gasteiger partial charge in [-0.1, -0.05) is 60.7 Å². The van der Waals surface area contributed by atoms with E-state index in [2.05, 4.69) is 5.32 Å². The molecule has 5 heteroatoms. The minimum atomic E-state index is -1.12. The van der Waals surface area contributed by atoms with Crippen LogP contribution in [0.1, 0.15) is 49.1 Å². The summed E-state index contributed by atoms with van der Waals surface area (Å²) in [7, 11) is 0. The van der Waals surface area contributed by atoms with Crippen LogP contribution in [0.3, 0.4) is 0 Å². The molecule has 31 heavy (non-hydrogen) atoms. The Morgan fingerprint density at radius 3 is 1.74 bits per heavy atom. The number of alkyl carbamates (subject to hydrolysis) is 1. The van der Waals surface area contributed by atoms with Crippen molar-refractivity contribution in [3.63, 3.8) is 0 Å². The number of carbonyl (C=O) groups is 2. The Kier molecular flexibility index (Phi) is 5.43. The summed E-state index contributed by atoms with van der Waals surface area (Å²) in [6.45, 7) is 0. The molecule has 4 bridgehead atoms. The summed E-state index contributed by atoms with van der Waals surface area (Å²) in [6, 6.07) is 17.8. The highest BCUT2D eigenvalue weighted by atomic mass is 16.6. The van der Waals surface area contributed by atoms with E-state index in [0.29, 0.717) is 11.8 Å². The van der Waals surface area contributed by atoms with Crippen LogP contribution in [0.2, 0.25) is 0 Å². The molecule has 0 spiro atoms. The molecular weight excluding hydrogens is 390 g/mol. The lowest BCUT2D eigenvalue weighted by atomic mass is 9.55. The first kappa shape index (κ1) is 20.1. The number of rotatable bonds is 6. The highest BCUT2D eigenvalue weighted by Crippen LogP contribution is 2.54. The third-order valence-electron chi connectivity index (χ3n) is 7.57. The fourth-order valence-electron chi connectivity index (χ4n) is 6.54. The zero-order valence-corrected chi connectivity index (χ0v) is 17.5. The van der Waals surface area contributed by atoms with E-state index in [0.717, 1.165) is 48.6 Å². The molecule has 2 aromatic rings. The summed E-state index contributed by atoms with van der Waals surface area (Å²) < 4.78 is 5.92. The van der Waals surface area contributed by atoms with E-state index >= 15 is 0 Å². The van der Waals surface area contributed by atoms with Crippen LogP contribution in [0.25, 0.3) is 0 Å². The van der Waals surface area contributed by atoms with Crippen molar-refractivity contribution in [1.82, 2.24) is 5.32 Å². The van der Waals surface area contributed by atoms with Crippen molar-refractivity contribution in [1.29, 1.82) is 0 Å². The van der Waals surface area contributed by atoms with E-state index in [1.54, 1.807) is 0 Å². The van der Waals surface area contributed by atoms with Crippen molar-refractivity contribution in [3.8, 4) is 0 Å². The van der Waals surface area contributed by atoms with Gasteiger partial charge in [-0.2, -0.15) is 0 Å². The minimum absolute atomic E-state index is 0.0749. The molecule has 1 amide bonds. The molecule has 0 aliphatic heterocycles. The van der Waals surface area contributed by atoms with Crippen molar-refractivity contribution in [3.05, 3.63) is 71.8 Å². The normalized spacial score (nSPS) is 29.5.